The number of nitrogens with two attached hydrogens (primary N) is 1. The third-order valence-corrected chi connectivity index (χ3v) is 13.5. The predicted octanol–water partition coefficient (Wildman–Crippen LogP) is -3.00. The predicted molar refractivity (Wildman–Crippen MR) is 289 cm³/mol. The number of carboxylic acid groups (broad SMARTS) is 1. The van der Waals surface area contributed by atoms with Gasteiger partial charge in [0.25, 0.3) is 0 Å². The van der Waals surface area contributed by atoms with Gasteiger partial charge in [0, 0.05) is 6.42 Å². The maximum Gasteiger partial charge on any atom is 0.326 e. The van der Waals surface area contributed by atoms with Crippen molar-refractivity contribution in [1.29, 1.82) is 0 Å². The summed E-state index contributed by atoms with van der Waals surface area (Å²) in [4.78, 5) is 134. The van der Waals surface area contributed by atoms with Gasteiger partial charge in [0.2, 0.25) is 53.2 Å². The van der Waals surface area contributed by atoms with E-state index in [9.17, 15) is 78.6 Å². The molecule has 0 bridgehead atoms. The van der Waals surface area contributed by atoms with Crippen LogP contribution < -0.4 is 53.6 Å². The molecular formula is C51H86N10O16S. The standard InChI is InChI=1S/C51H86N10O16S/c1-12-26(7)38(58-42(67)32(52)20-24(3)4)47(72)59-39(27(8)13-2)48(73)61-41(29(10)65)49(74)53-33(18-19-78-11)43(68)55-35(22-62)45(70)60-40(28(9)64)50(75)56-36(23-63)44(69)57-37(25(5)6)46(71)54-34(51(76)77)21-30-14-16-31(66)17-15-30/h14-17,24-29,32-41,62-66H,12-13,18-23,52H2,1-11H3,(H,53,74)(H,54,71)(H,55,68)(H,56,75)(H,57,69)(H,58,67)(H,59,72)(H,60,70)(H,61,73)(H,76,77)/t26-,27-,28+,29+,32-,33-,34-,35-,36-,37-,38-,39-,40-,41-/m0/s1. The van der Waals surface area contributed by atoms with E-state index in [2.05, 4.69) is 47.9 Å². The third kappa shape index (κ3) is 23.1. The topological polar surface area (TPSA) is 426 Å². The van der Waals surface area contributed by atoms with E-state index in [0.29, 0.717) is 24.8 Å². The first kappa shape index (κ1) is 69.9. The molecule has 0 aliphatic carbocycles. The van der Waals surface area contributed by atoms with Crippen molar-refractivity contribution < 1.29 is 78.6 Å². The quantitative estimate of drug-likeness (QED) is 0.0322. The number of aliphatic hydroxyl groups is 4. The first-order valence-corrected chi connectivity index (χ1v) is 27.4. The Balaban J connectivity index is 3.25. The van der Waals surface area contributed by atoms with E-state index in [1.54, 1.807) is 27.0 Å². The maximum absolute atomic E-state index is 14.0. The number of carbonyl (C=O) groups is 10. The van der Waals surface area contributed by atoms with Crippen molar-refractivity contribution in [3.8, 4) is 5.75 Å². The lowest BCUT2D eigenvalue weighted by Gasteiger charge is -2.31. The lowest BCUT2D eigenvalue weighted by Crippen LogP contribution is -2.64. The van der Waals surface area contributed by atoms with E-state index in [-0.39, 0.29) is 36.2 Å². The average molecular weight is 1130 g/mol. The molecule has 0 saturated carbocycles. The number of aromatic hydroxyl groups is 1. The Hall–Kier alpha value is -6.13. The average Bonchev–Trinajstić information content (AvgIpc) is 3.37. The number of nitrogens with one attached hydrogen (secondary N) is 9. The molecule has 0 fully saturated rings. The molecule has 0 aliphatic rings. The number of hydrogen-bond donors (Lipinski definition) is 16. The van der Waals surface area contributed by atoms with Crippen LogP contribution in [0.1, 0.15) is 100 Å². The largest absolute Gasteiger partial charge is 0.508 e. The molecule has 0 heterocycles. The number of carbonyl (C=O) groups excluding carboxylic acids is 9. The number of thioether (sulfide) groups is 1. The summed E-state index contributed by atoms with van der Waals surface area (Å²) in [5.74, 6) is -11.4. The van der Waals surface area contributed by atoms with Gasteiger partial charge in [-0.15, -0.1) is 0 Å². The zero-order valence-corrected chi connectivity index (χ0v) is 47.3. The van der Waals surface area contributed by atoms with Gasteiger partial charge in [0.1, 0.15) is 60.1 Å². The summed E-state index contributed by atoms with van der Waals surface area (Å²) < 4.78 is 0. The van der Waals surface area contributed by atoms with Crippen LogP contribution in [0.25, 0.3) is 0 Å². The van der Waals surface area contributed by atoms with E-state index >= 15 is 0 Å². The molecule has 0 radical (unpaired) electrons. The number of hydrogen-bond acceptors (Lipinski definition) is 17. The molecule has 0 saturated heterocycles. The van der Waals surface area contributed by atoms with Gasteiger partial charge >= 0.3 is 5.97 Å². The summed E-state index contributed by atoms with van der Waals surface area (Å²) in [5, 5.41) is 82.8. The molecule has 9 amide bonds. The molecule has 0 spiro atoms. The molecule has 14 atom stereocenters. The maximum atomic E-state index is 14.0. The SMILES string of the molecule is CC[C@H](C)[C@H](NC(=O)[C@@H](NC(=O)[C@@H](N)CC(C)C)[C@@H](C)CC)C(=O)N[C@H](C(=O)N[C@@H](CCSC)C(=O)N[C@@H](CO)C(=O)N[C@H](C(=O)N[C@@H](CO)C(=O)N[C@H](C(=O)N[C@@H](Cc1ccc(O)cc1)C(=O)O)C(C)C)[C@@H](C)O)[C@@H](C)O. The minimum atomic E-state index is -1.90. The van der Waals surface area contributed by atoms with Crippen molar-refractivity contribution in [2.45, 2.75) is 174 Å². The van der Waals surface area contributed by atoms with Crippen molar-refractivity contribution in [3.05, 3.63) is 29.8 Å². The summed E-state index contributed by atoms with van der Waals surface area (Å²) in [6.45, 7) is 14.0. The molecule has 1 rings (SSSR count). The number of carboxylic acids is 1. The Morgan fingerprint density at radius 1 is 0.513 bits per heavy atom. The number of aliphatic carboxylic acids is 1. The number of aliphatic hydroxyl groups excluding tert-OH is 4. The van der Waals surface area contributed by atoms with Crippen molar-refractivity contribution in [2.24, 2.45) is 29.4 Å². The fourth-order valence-corrected chi connectivity index (χ4v) is 8.11. The molecule has 1 aromatic carbocycles. The molecule has 0 aromatic heterocycles. The first-order valence-electron chi connectivity index (χ1n) is 26.0. The van der Waals surface area contributed by atoms with Crippen molar-refractivity contribution >= 4 is 70.9 Å². The summed E-state index contributed by atoms with van der Waals surface area (Å²) in [7, 11) is 0. The van der Waals surface area contributed by atoms with E-state index in [1.807, 2.05) is 20.8 Å². The normalized spacial score (nSPS) is 16.8. The summed E-state index contributed by atoms with van der Waals surface area (Å²) >= 11 is 1.27. The van der Waals surface area contributed by atoms with Gasteiger partial charge in [-0.1, -0.05) is 80.4 Å². The highest BCUT2D eigenvalue weighted by atomic mass is 32.2. The Bertz CT molecular complexity index is 2150. The zero-order chi connectivity index (χ0) is 59.7. The van der Waals surface area contributed by atoms with Crippen LogP contribution in [0.15, 0.2) is 24.3 Å². The van der Waals surface area contributed by atoms with E-state index in [0.717, 1.165) is 6.92 Å². The molecule has 78 heavy (non-hydrogen) atoms. The van der Waals surface area contributed by atoms with E-state index in [1.165, 1.54) is 56.8 Å². The van der Waals surface area contributed by atoms with Gasteiger partial charge < -0.3 is 84.2 Å². The Morgan fingerprint density at radius 2 is 0.872 bits per heavy atom. The minimum absolute atomic E-state index is 0.0619. The van der Waals surface area contributed by atoms with Gasteiger partial charge in [-0.25, -0.2) is 4.79 Å². The van der Waals surface area contributed by atoms with E-state index in [4.69, 9.17) is 5.73 Å². The number of rotatable bonds is 35. The number of phenolic OH excluding ortho intramolecular Hbond substituents is 1. The highest BCUT2D eigenvalue weighted by molar-refractivity contribution is 7.98. The van der Waals surface area contributed by atoms with Crippen LogP contribution in [-0.4, -0.2) is 188 Å². The molecule has 1 aromatic rings. The van der Waals surface area contributed by atoms with Crippen LogP contribution in [-0.2, 0) is 54.4 Å². The Kier molecular flexibility index (Phi) is 31.1. The zero-order valence-electron chi connectivity index (χ0n) is 46.5. The van der Waals surface area contributed by atoms with Gasteiger partial charge in [0.05, 0.1) is 31.5 Å². The second kappa shape index (κ2) is 34.7. The Morgan fingerprint density at radius 3 is 1.27 bits per heavy atom. The Labute approximate surface area is 460 Å². The van der Waals surface area contributed by atoms with Crippen LogP contribution in [0.5, 0.6) is 5.75 Å². The first-order chi connectivity index (χ1) is 36.5. The fraction of sp³-hybridized carbons (Fsp3) is 0.686. The molecule has 442 valence electrons. The van der Waals surface area contributed by atoms with Crippen LogP contribution in [0, 0.1) is 23.7 Å². The number of amides is 9. The molecule has 26 nitrogen and oxygen atoms in total. The second-order valence-corrected chi connectivity index (χ2v) is 21.2. The highest BCUT2D eigenvalue weighted by Gasteiger charge is 2.39. The molecule has 0 aliphatic heterocycles. The summed E-state index contributed by atoms with van der Waals surface area (Å²) in [6.07, 6.45) is -0.655. The van der Waals surface area contributed by atoms with Crippen LogP contribution in [0.3, 0.4) is 0 Å². The van der Waals surface area contributed by atoms with Crippen molar-refractivity contribution in [1.82, 2.24) is 47.9 Å². The van der Waals surface area contributed by atoms with Crippen molar-refractivity contribution in [2.75, 3.05) is 25.2 Å². The minimum Gasteiger partial charge on any atom is -0.508 e. The second-order valence-electron chi connectivity index (χ2n) is 20.3. The number of phenols is 1. The van der Waals surface area contributed by atoms with Crippen molar-refractivity contribution in [3.63, 3.8) is 0 Å². The summed E-state index contributed by atoms with van der Waals surface area (Å²) in [6, 6.07) is -9.24. The fourth-order valence-electron chi connectivity index (χ4n) is 7.64. The third-order valence-electron chi connectivity index (χ3n) is 12.9. The summed E-state index contributed by atoms with van der Waals surface area (Å²) in [5.41, 5.74) is 6.55. The van der Waals surface area contributed by atoms with Crippen LogP contribution in [0.4, 0.5) is 0 Å². The smallest absolute Gasteiger partial charge is 0.326 e. The van der Waals surface area contributed by atoms with Gasteiger partial charge in [-0.3, -0.25) is 43.2 Å². The monoisotopic (exact) mass is 1130 g/mol. The molecule has 17 N–H and O–H groups in total. The van der Waals surface area contributed by atoms with Gasteiger partial charge in [0.15, 0.2) is 0 Å². The highest BCUT2D eigenvalue weighted by Crippen LogP contribution is 2.16. The van der Waals surface area contributed by atoms with Crippen LogP contribution in [0.2, 0.25) is 0 Å². The lowest BCUT2D eigenvalue weighted by molar-refractivity contribution is -0.142. The van der Waals surface area contributed by atoms with Crippen LogP contribution >= 0.6 is 11.8 Å². The lowest BCUT2D eigenvalue weighted by atomic mass is 9.94. The molecule has 27 heteroatoms. The van der Waals surface area contributed by atoms with Gasteiger partial charge in [-0.2, -0.15) is 11.8 Å². The molecular weight excluding hydrogens is 1040 g/mol. The van der Waals surface area contributed by atoms with E-state index < -0.39 is 157 Å². The molecule has 0 unspecified atom stereocenters. The van der Waals surface area contributed by atoms with Gasteiger partial charge in [-0.05, 0) is 80.1 Å². The number of benzene rings is 1.